The summed E-state index contributed by atoms with van der Waals surface area (Å²) in [4.78, 5) is 39.5. The number of carboxylic acids is 1. The van der Waals surface area contributed by atoms with Crippen LogP contribution in [-0.2, 0) is 11.2 Å². The molecule has 0 saturated heterocycles. The van der Waals surface area contributed by atoms with Gasteiger partial charge >= 0.3 is 5.97 Å². The quantitative estimate of drug-likeness (QED) is 0.328. The van der Waals surface area contributed by atoms with Crippen LogP contribution in [0.2, 0.25) is 0 Å². The van der Waals surface area contributed by atoms with Gasteiger partial charge in [-0.15, -0.1) is 6.58 Å². The van der Waals surface area contributed by atoms with Crippen molar-refractivity contribution in [2.75, 3.05) is 26.2 Å². The van der Waals surface area contributed by atoms with Crippen molar-refractivity contribution < 1.29 is 24.2 Å². The van der Waals surface area contributed by atoms with Gasteiger partial charge in [0.2, 0.25) is 0 Å². The van der Waals surface area contributed by atoms with E-state index in [0.717, 1.165) is 11.3 Å². The Kier molecular flexibility index (Phi) is 10.0. The minimum atomic E-state index is -0.978. The predicted molar refractivity (Wildman–Crippen MR) is 144 cm³/mol. The molecule has 0 heterocycles. The van der Waals surface area contributed by atoms with E-state index in [4.69, 9.17) is 4.74 Å². The molecule has 0 radical (unpaired) electrons. The number of benzene rings is 3. The van der Waals surface area contributed by atoms with Crippen LogP contribution >= 0.6 is 0 Å². The number of carbonyl (C=O) groups is 3. The van der Waals surface area contributed by atoms with Gasteiger partial charge in [0, 0.05) is 30.8 Å². The Labute approximate surface area is 217 Å². The third-order valence-corrected chi connectivity index (χ3v) is 5.79. The minimum Gasteiger partial charge on any atom is -0.494 e. The maximum Gasteiger partial charge on any atom is 0.305 e. The number of ether oxygens (including phenoxy) is 1. The van der Waals surface area contributed by atoms with Crippen LogP contribution in [0.4, 0.5) is 0 Å². The normalized spacial score (nSPS) is 10.4. The van der Waals surface area contributed by atoms with Gasteiger partial charge in [-0.1, -0.05) is 54.6 Å². The smallest absolute Gasteiger partial charge is 0.305 e. The van der Waals surface area contributed by atoms with Gasteiger partial charge in [0.1, 0.15) is 5.75 Å². The lowest BCUT2D eigenvalue weighted by Gasteiger charge is -2.24. The molecule has 3 aromatic rings. The molecule has 0 aromatic heterocycles. The van der Waals surface area contributed by atoms with E-state index in [9.17, 15) is 19.5 Å². The molecule has 7 nitrogen and oxygen atoms in total. The summed E-state index contributed by atoms with van der Waals surface area (Å²) in [5.41, 5.74) is 3.05. The molecule has 3 rings (SSSR count). The summed E-state index contributed by atoms with van der Waals surface area (Å²) < 4.78 is 5.57. The van der Waals surface area contributed by atoms with Gasteiger partial charge in [-0.05, 0) is 54.3 Å². The molecule has 37 heavy (non-hydrogen) atoms. The lowest BCUT2D eigenvalue weighted by molar-refractivity contribution is -0.137. The molecule has 0 bridgehead atoms. The maximum atomic E-state index is 13.8. The number of nitrogens with zero attached hydrogens (tertiary/aromatic N) is 1. The van der Waals surface area contributed by atoms with Crippen molar-refractivity contribution in [1.82, 2.24) is 10.2 Å². The summed E-state index contributed by atoms with van der Waals surface area (Å²) in [6.07, 6.45) is 1.96. The summed E-state index contributed by atoms with van der Waals surface area (Å²) in [7, 11) is 0. The molecular weight excluding hydrogens is 468 g/mol. The monoisotopic (exact) mass is 500 g/mol. The Balaban J connectivity index is 1.92. The summed E-state index contributed by atoms with van der Waals surface area (Å²) in [5, 5.41) is 12.1. The van der Waals surface area contributed by atoms with Gasteiger partial charge in [-0.2, -0.15) is 0 Å². The summed E-state index contributed by atoms with van der Waals surface area (Å²) >= 11 is 0. The van der Waals surface area contributed by atoms with Crippen molar-refractivity contribution in [3.8, 4) is 16.9 Å². The fraction of sp³-hybridized carbons (Fsp3) is 0.233. The maximum absolute atomic E-state index is 13.8. The van der Waals surface area contributed by atoms with Gasteiger partial charge in [-0.3, -0.25) is 14.4 Å². The average Bonchev–Trinajstić information content (AvgIpc) is 2.91. The number of rotatable bonds is 13. The molecule has 0 aliphatic carbocycles. The number of hydrogen-bond donors (Lipinski definition) is 2. The Bertz CT molecular complexity index is 1250. The molecule has 7 heteroatoms. The SMILES string of the molecule is C=CCNC(=O)c1ccccc1-c1ccccc1C(=O)N(CCC(=O)O)CCc1cccc(OCC)c1. The Hall–Kier alpha value is -4.39. The molecule has 0 fully saturated rings. The van der Waals surface area contributed by atoms with E-state index in [0.29, 0.717) is 48.4 Å². The van der Waals surface area contributed by atoms with Crippen molar-refractivity contribution in [1.29, 1.82) is 0 Å². The van der Waals surface area contributed by atoms with Crippen molar-refractivity contribution in [3.05, 3.63) is 102 Å². The van der Waals surface area contributed by atoms with E-state index in [1.165, 1.54) is 0 Å². The van der Waals surface area contributed by atoms with Crippen molar-refractivity contribution in [2.45, 2.75) is 19.8 Å². The third kappa shape index (κ3) is 7.54. The third-order valence-electron chi connectivity index (χ3n) is 5.79. The lowest BCUT2D eigenvalue weighted by Crippen LogP contribution is -2.35. The van der Waals surface area contributed by atoms with E-state index in [-0.39, 0.29) is 24.8 Å². The number of aliphatic carboxylic acids is 1. The van der Waals surface area contributed by atoms with E-state index < -0.39 is 5.97 Å². The van der Waals surface area contributed by atoms with Crippen LogP contribution < -0.4 is 10.1 Å². The molecule has 192 valence electrons. The number of amides is 2. The molecule has 3 aromatic carbocycles. The zero-order chi connectivity index (χ0) is 26.6. The van der Waals surface area contributed by atoms with Crippen LogP contribution in [0.5, 0.6) is 5.75 Å². The van der Waals surface area contributed by atoms with E-state index in [1.807, 2.05) is 43.3 Å². The van der Waals surface area contributed by atoms with Gasteiger partial charge in [0.25, 0.3) is 11.8 Å². The summed E-state index contributed by atoms with van der Waals surface area (Å²) in [5.74, 6) is -0.789. The fourth-order valence-corrected chi connectivity index (χ4v) is 4.02. The van der Waals surface area contributed by atoms with Crippen LogP contribution in [0.15, 0.2) is 85.5 Å². The van der Waals surface area contributed by atoms with Crippen LogP contribution in [0.1, 0.15) is 39.6 Å². The van der Waals surface area contributed by atoms with Crippen molar-refractivity contribution in [2.24, 2.45) is 0 Å². The van der Waals surface area contributed by atoms with Gasteiger partial charge < -0.3 is 20.1 Å². The number of hydrogen-bond acceptors (Lipinski definition) is 4. The standard InChI is InChI=1S/C30H32N2O5/c1-3-18-31-29(35)26-14-7-5-12-24(26)25-13-6-8-15-27(25)30(36)32(20-17-28(33)34)19-16-22-10-9-11-23(21-22)37-4-2/h3,5-15,21H,1,4,16-20H2,2H3,(H,31,35)(H,33,34). The second-order valence-corrected chi connectivity index (χ2v) is 8.36. The first-order valence-electron chi connectivity index (χ1n) is 12.2. The first kappa shape index (κ1) is 27.2. The molecule has 2 N–H and O–H groups in total. The van der Waals surface area contributed by atoms with Gasteiger partial charge in [0.05, 0.1) is 13.0 Å². The molecule has 0 aliphatic rings. The van der Waals surface area contributed by atoms with Crippen LogP contribution in [0.3, 0.4) is 0 Å². The molecule has 0 unspecified atom stereocenters. The Morgan fingerprint density at radius 2 is 1.62 bits per heavy atom. The molecule has 2 amide bonds. The molecular formula is C30H32N2O5. The van der Waals surface area contributed by atoms with Crippen LogP contribution in [-0.4, -0.2) is 54.0 Å². The molecule has 0 atom stereocenters. The fourth-order valence-electron chi connectivity index (χ4n) is 4.02. The van der Waals surface area contributed by atoms with Crippen molar-refractivity contribution in [3.63, 3.8) is 0 Å². The number of carbonyl (C=O) groups excluding carboxylic acids is 2. The number of nitrogens with one attached hydrogen (secondary N) is 1. The topological polar surface area (TPSA) is 95.9 Å². The summed E-state index contributed by atoms with van der Waals surface area (Å²) in [6.45, 7) is 6.82. The van der Waals surface area contributed by atoms with E-state index in [2.05, 4.69) is 11.9 Å². The first-order chi connectivity index (χ1) is 17.9. The zero-order valence-corrected chi connectivity index (χ0v) is 21.0. The highest BCUT2D eigenvalue weighted by atomic mass is 16.5. The molecule has 0 spiro atoms. The highest BCUT2D eigenvalue weighted by Gasteiger charge is 2.22. The van der Waals surface area contributed by atoms with Gasteiger partial charge in [-0.25, -0.2) is 0 Å². The predicted octanol–water partition coefficient (Wildman–Crippen LogP) is 4.83. The van der Waals surface area contributed by atoms with Crippen molar-refractivity contribution >= 4 is 17.8 Å². The minimum absolute atomic E-state index is 0.0646. The lowest BCUT2D eigenvalue weighted by atomic mass is 9.94. The average molecular weight is 501 g/mol. The van der Waals surface area contributed by atoms with E-state index in [1.54, 1.807) is 47.4 Å². The highest BCUT2D eigenvalue weighted by Crippen LogP contribution is 2.28. The second-order valence-electron chi connectivity index (χ2n) is 8.36. The molecule has 0 aliphatic heterocycles. The van der Waals surface area contributed by atoms with Crippen LogP contribution in [0, 0.1) is 0 Å². The largest absolute Gasteiger partial charge is 0.494 e. The van der Waals surface area contributed by atoms with Gasteiger partial charge in [0.15, 0.2) is 0 Å². The Morgan fingerprint density at radius 1 is 0.946 bits per heavy atom. The number of carboxylic acid groups (broad SMARTS) is 1. The van der Waals surface area contributed by atoms with Crippen LogP contribution in [0.25, 0.3) is 11.1 Å². The summed E-state index contributed by atoms with van der Waals surface area (Å²) in [6, 6.07) is 21.8. The second kappa shape index (κ2) is 13.6. The zero-order valence-electron chi connectivity index (χ0n) is 21.0. The highest BCUT2D eigenvalue weighted by molar-refractivity contribution is 6.06. The first-order valence-corrected chi connectivity index (χ1v) is 12.2. The molecule has 0 saturated carbocycles. The van der Waals surface area contributed by atoms with E-state index >= 15 is 0 Å². The Morgan fingerprint density at radius 3 is 2.30 bits per heavy atom.